The van der Waals surface area contributed by atoms with E-state index in [1.807, 2.05) is 0 Å². The van der Waals surface area contributed by atoms with Crippen molar-refractivity contribution in [1.82, 2.24) is 0 Å². The smallest absolute Gasteiger partial charge is 0.272 e. The Labute approximate surface area is 113 Å². The number of hydrogen-bond donors (Lipinski definition) is 0. The quantitative estimate of drug-likeness (QED) is 0.478. The fourth-order valence-electron chi connectivity index (χ4n) is 1.57. The summed E-state index contributed by atoms with van der Waals surface area (Å²) in [7, 11) is 0. The molecule has 0 spiro atoms. The molecule has 0 aliphatic carbocycles. The molecule has 0 saturated carbocycles. The zero-order valence-electron chi connectivity index (χ0n) is 10.3. The van der Waals surface area contributed by atoms with E-state index in [9.17, 15) is 19.3 Å². The third kappa shape index (κ3) is 3.17. The van der Waals surface area contributed by atoms with E-state index in [0.29, 0.717) is 5.56 Å². The topological polar surface area (TPSA) is 69.4 Å². The average Bonchev–Trinajstić information content (AvgIpc) is 2.46. The van der Waals surface area contributed by atoms with Crippen LogP contribution >= 0.6 is 0 Å². The predicted molar refractivity (Wildman–Crippen MR) is 69.3 cm³/mol. The molecular formula is C14H10FNO4. The highest BCUT2D eigenvalue weighted by Crippen LogP contribution is 2.22. The molecule has 20 heavy (non-hydrogen) atoms. The fraction of sp³-hybridized carbons (Fsp3) is 0.0714. The molecule has 0 fully saturated rings. The minimum Gasteiger partial charge on any atom is -0.482 e. The van der Waals surface area contributed by atoms with Gasteiger partial charge in [-0.2, -0.15) is 0 Å². The van der Waals surface area contributed by atoms with Gasteiger partial charge in [0.1, 0.15) is 0 Å². The van der Waals surface area contributed by atoms with Crippen LogP contribution < -0.4 is 4.74 Å². The first-order chi connectivity index (χ1) is 9.58. The molecule has 102 valence electrons. The molecule has 0 unspecified atom stereocenters. The summed E-state index contributed by atoms with van der Waals surface area (Å²) >= 11 is 0. The molecule has 0 radical (unpaired) electrons. The van der Waals surface area contributed by atoms with Crippen LogP contribution in [0.15, 0.2) is 48.5 Å². The Hall–Kier alpha value is -2.76. The van der Waals surface area contributed by atoms with E-state index in [4.69, 9.17) is 4.74 Å². The minimum atomic E-state index is -0.875. The van der Waals surface area contributed by atoms with Crippen molar-refractivity contribution in [3.8, 4) is 5.75 Å². The lowest BCUT2D eigenvalue weighted by Gasteiger charge is -2.06. The Morgan fingerprint density at radius 3 is 2.50 bits per heavy atom. The lowest BCUT2D eigenvalue weighted by Crippen LogP contribution is -2.12. The SMILES string of the molecule is O=C(COc1ccc([N+](=O)[O-])cc1F)c1ccccc1. The van der Waals surface area contributed by atoms with Gasteiger partial charge in [0, 0.05) is 11.6 Å². The van der Waals surface area contributed by atoms with E-state index in [1.165, 1.54) is 0 Å². The summed E-state index contributed by atoms with van der Waals surface area (Å²) in [5.41, 5.74) is 0.0825. The van der Waals surface area contributed by atoms with Gasteiger partial charge in [-0.1, -0.05) is 30.3 Å². The average molecular weight is 275 g/mol. The molecule has 0 atom stereocenters. The Kier molecular flexibility index (Phi) is 4.05. The Bertz CT molecular complexity index is 643. The second kappa shape index (κ2) is 5.92. The van der Waals surface area contributed by atoms with Gasteiger partial charge in [-0.05, 0) is 6.07 Å². The van der Waals surface area contributed by atoms with Crippen LogP contribution in [0.3, 0.4) is 0 Å². The van der Waals surface area contributed by atoms with Crippen molar-refractivity contribution in [2.45, 2.75) is 0 Å². The summed E-state index contributed by atoms with van der Waals surface area (Å²) in [6.45, 7) is -0.335. The van der Waals surface area contributed by atoms with E-state index in [0.717, 1.165) is 18.2 Å². The summed E-state index contributed by atoms with van der Waals surface area (Å²) in [5, 5.41) is 10.5. The summed E-state index contributed by atoms with van der Waals surface area (Å²) in [6, 6.07) is 11.4. The second-order valence-electron chi connectivity index (χ2n) is 3.95. The molecule has 0 heterocycles. The highest BCUT2D eigenvalue weighted by Gasteiger charge is 2.13. The van der Waals surface area contributed by atoms with Crippen LogP contribution in [-0.2, 0) is 0 Å². The van der Waals surface area contributed by atoms with E-state index in [2.05, 4.69) is 0 Å². The maximum atomic E-state index is 13.5. The van der Waals surface area contributed by atoms with Gasteiger partial charge in [-0.15, -0.1) is 0 Å². The van der Waals surface area contributed by atoms with Crippen LogP contribution in [-0.4, -0.2) is 17.3 Å². The number of hydrogen-bond acceptors (Lipinski definition) is 4. The van der Waals surface area contributed by atoms with Crippen molar-refractivity contribution in [1.29, 1.82) is 0 Å². The Morgan fingerprint density at radius 2 is 1.90 bits per heavy atom. The van der Waals surface area contributed by atoms with Crippen molar-refractivity contribution in [2.24, 2.45) is 0 Å². The number of Topliss-reactive ketones (excluding diaryl/α,β-unsaturated/α-hetero) is 1. The Morgan fingerprint density at radius 1 is 1.20 bits per heavy atom. The monoisotopic (exact) mass is 275 g/mol. The minimum absolute atomic E-state index is 0.195. The molecule has 2 aromatic carbocycles. The normalized spacial score (nSPS) is 10.1. The van der Waals surface area contributed by atoms with Gasteiger partial charge < -0.3 is 4.74 Å². The van der Waals surface area contributed by atoms with E-state index in [-0.39, 0.29) is 23.8 Å². The summed E-state index contributed by atoms with van der Waals surface area (Å²) in [6.07, 6.45) is 0. The molecule has 0 bridgehead atoms. The zero-order valence-corrected chi connectivity index (χ0v) is 10.3. The maximum Gasteiger partial charge on any atom is 0.272 e. The van der Waals surface area contributed by atoms with Gasteiger partial charge in [0.25, 0.3) is 5.69 Å². The molecule has 0 aliphatic heterocycles. The van der Waals surface area contributed by atoms with Crippen molar-refractivity contribution >= 4 is 11.5 Å². The second-order valence-corrected chi connectivity index (χ2v) is 3.95. The Balaban J connectivity index is 2.04. The van der Waals surface area contributed by atoms with Crippen LogP contribution in [0, 0.1) is 15.9 Å². The van der Waals surface area contributed by atoms with Crippen molar-refractivity contribution < 1.29 is 18.8 Å². The summed E-state index contributed by atoms with van der Waals surface area (Å²) < 4.78 is 18.6. The van der Waals surface area contributed by atoms with Crippen LogP contribution in [0.25, 0.3) is 0 Å². The van der Waals surface area contributed by atoms with Gasteiger partial charge in [0.15, 0.2) is 24.0 Å². The number of benzene rings is 2. The summed E-state index contributed by atoms with van der Waals surface area (Å²) in [5.74, 6) is -1.37. The highest BCUT2D eigenvalue weighted by atomic mass is 19.1. The number of rotatable bonds is 5. The third-order valence-corrected chi connectivity index (χ3v) is 2.58. The number of carbonyl (C=O) groups excluding carboxylic acids is 1. The molecule has 0 amide bonds. The van der Waals surface area contributed by atoms with Gasteiger partial charge in [-0.3, -0.25) is 14.9 Å². The number of carbonyl (C=O) groups is 1. The zero-order chi connectivity index (χ0) is 14.5. The number of non-ortho nitro benzene ring substituents is 1. The van der Waals surface area contributed by atoms with E-state index in [1.54, 1.807) is 30.3 Å². The number of halogens is 1. The standard InChI is InChI=1S/C14H10FNO4/c15-12-8-11(16(18)19)6-7-14(12)20-9-13(17)10-4-2-1-3-5-10/h1-8H,9H2. The van der Waals surface area contributed by atoms with E-state index >= 15 is 0 Å². The number of ketones is 1. The largest absolute Gasteiger partial charge is 0.482 e. The maximum absolute atomic E-state index is 13.5. The highest BCUT2D eigenvalue weighted by molar-refractivity contribution is 5.97. The van der Waals surface area contributed by atoms with Gasteiger partial charge in [0.2, 0.25) is 0 Å². The van der Waals surface area contributed by atoms with Crippen LogP contribution in [0.4, 0.5) is 10.1 Å². The third-order valence-electron chi connectivity index (χ3n) is 2.58. The lowest BCUT2D eigenvalue weighted by atomic mass is 10.1. The van der Waals surface area contributed by atoms with Crippen molar-refractivity contribution in [3.63, 3.8) is 0 Å². The lowest BCUT2D eigenvalue weighted by molar-refractivity contribution is -0.385. The number of nitro groups is 1. The molecule has 0 saturated heterocycles. The predicted octanol–water partition coefficient (Wildman–Crippen LogP) is 3.00. The molecular weight excluding hydrogens is 265 g/mol. The first-order valence-electron chi connectivity index (χ1n) is 5.73. The molecule has 5 nitrogen and oxygen atoms in total. The molecule has 2 rings (SSSR count). The van der Waals surface area contributed by atoms with Gasteiger partial charge >= 0.3 is 0 Å². The van der Waals surface area contributed by atoms with Gasteiger partial charge in [-0.25, -0.2) is 4.39 Å². The number of ether oxygens (including phenoxy) is 1. The molecule has 6 heteroatoms. The summed E-state index contributed by atoms with van der Waals surface area (Å²) in [4.78, 5) is 21.5. The molecule has 2 aromatic rings. The van der Waals surface area contributed by atoms with E-state index < -0.39 is 10.7 Å². The van der Waals surface area contributed by atoms with Crippen LogP contribution in [0.2, 0.25) is 0 Å². The van der Waals surface area contributed by atoms with Gasteiger partial charge in [0.05, 0.1) is 11.0 Å². The van der Waals surface area contributed by atoms with Crippen LogP contribution in [0.5, 0.6) is 5.75 Å². The first-order valence-corrected chi connectivity index (χ1v) is 5.73. The number of nitro benzene ring substituents is 1. The van der Waals surface area contributed by atoms with Crippen molar-refractivity contribution in [3.05, 3.63) is 70.0 Å². The molecule has 0 aliphatic rings. The fourth-order valence-corrected chi connectivity index (χ4v) is 1.57. The first kappa shape index (κ1) is 13.7. The number of nitrogens with zero attached hydrogens (tertiary/aromatic N) is 1. The van der Waals surface area contributed by atoms with Crippen LogP contribution in [0.1, 0.15) is 10.4 Å². The molecule has 0 aromatic heterocycles. The van der Waals surface area contributed by atoms with Crippen molar-refractivity contribution in [2.75, 3.05) is 6.61 Å². The molecule has 0 N–H and O–H groups in total.